The summed E-state index contributed by atoms with van der Waals surface area (Å²) in [6.45, 7) is 7.72. The molecule has 0 aromatic carbocycles. The van der Waals surface area contributed by atoms with Crippen molar-refractivity contribution in [2.75, 3.05) is 11.1 Å². The van der Waals surface area contributed by atoms with Gasteiger partial charge in [-0.05, 0) is 31.9 Å². The lowest BCUT2D eigenvalue weighted by molar-refractivity contribution is 0.526. The number of nitrogens with zero attached hydrogens (tertiary/aromatic N) is 7. The number of nitrogens with one attached hydrogen (secondary N) is 1. The summed E-state index contributed by atoms with van der Waals surface area (Å²) in [7, 11) is -3.33. The highest BCUT2D eigenvalue weighted by atomic mass is 32.2. The number of rotatable bonds is 9. The third-order valence-corrected chi connectivity index (χ3v) is 7.73. The van der Waals surface area contributed by atoms with Crippen molar-refractivity contribution in [1.29, 1.82) is 0 Å². The molecule has 4 rings (SSSR count). The van der Waals surface area contributed by atoms with Crippen molar-refractivity contribution in [3.05, 3.63) is 58.8 Å². The first-order valence-corrected chi connectivity index (χ1v) is 13.4. The van der Waals surface area contributed by atoms with Crippen LogP contribution < -0.4 is 10.9 Å². The summed E-state index contributed by atoms with van der Waals surface area (Å²) in [5.41, 5.74) is 2.69. The van der Waals surface area contributed by atoms with Crippen molar-refractivity contribution in [3.8, 4) is 11.4 Å². The highest BCUT2D eigenvalue weighted by Crippen LogP contribution is 2.22. The molecule has 0 bridgehead atoms. The lowest BCUT2D eigenvalue weighted by Crippen LogP contribution is -2.28. The van der Waals surface area contributed by atoms with Gasteiger partial charge >= 0.3 is 0 Å². The smallest absolute Gasteiger partial charge is 0.295 e. The topological polar surface area (TPSA) is 146 Å². The quantitative estimate of drug-likeness (QED) is 0.356. The fourth-order valence-electron chi connectivity index (χ4n) is 3.70. The lowest BCUT2D eigenvalue weighted by Gasteiger charge is -2.17. The van der Waals surface area contributed by atoms with Gasteiger partial charge in [0.1, 0.15) is 11.8 Å². The van der Waals surface area contributed by atoms with Crippen molar-refractivity contribution in [3.63, 3.8) is 0 Å². The summed E-state index contributed by atoms with van der Waals surface area (Å²) < 4.78 is 25.6. The molecule has 1 N–H and O–H groups in total. The number of aryl methyl sites for hydroxylation is 1. The van der Waals surface area contributed by atoms with E-state index >= 15 is 0 Å². The maximum absolute atomic E-state index is 13.5. The van der Waals surface area contributed by atoms with Gasteiger partial charge in [0.15, 0.2) is 27.1 Å². The molecule has 0 aliphatic heterocycles. The van der Waals surface area contributed by atoms with Crippen molar-refractivity contribution in [2.45, 2.75) is 58.0 Å². The summed E-state index contributed by atoms with van der Waals surface area (Å²) in [5.74, 6) is 0.581. The largest absolute Gasteiger partial charge is 0.360 e. The van der Waals surface area contributed by atoms with Gasteiger partial charge in [0.25, 0.3) is 5.56 Å². The summed E-state index contributed by atoms with van der Waals surface area (Å²) in [6, 6.07) is 2.99. The first-order valence-electron chi connectivity index (χ1n) is 11.8. The number of pyridine rings is 1. The van der Waals surface area contributed by atoms with Gasteiger partial charge in [-0.25, -0.2) is 33.3 Å². The predicted octanol–water partition coefficient (Wildman–Crippen LogP) is 3.22. The first-order chi connectivity index (χ1) is 17.3. The summed E-state index contributed by atoms with van der Waals surface area (Å²) in [5, 5.41) is 3.05. The Morgan fingerprint density at radius 3 is 2.53 bits per heavy atom. The van der Waals surface area contributed by atoms with Gasteiger partial charge in [-0.3, -0.25) is 14.3 Å². The van der Waals surface area contributed by atoms with Crippen molar-refractivity contribution < 1.29 is 9.84 Å². The molecule has 1 atom stereocenters. The third-order valence-electron chi connectivity index (χ3n) is 6.01. The zero-order valence-electron chi connectivity index (χ0n) is 20.6. The fraction of sp³-hybridized carbons (Fsp3) is 0.375. The molecule has 0 radical (unpaired) electrons. The minimum Gasteiger partial charge on any atom is -0.360 e. The molecule has 0 saturated carbocycles. The van der Waals surface area contributed by atoms with E-state index < -0.39 is 9.84 Å². The summed E-state index contributed by atoms with van der Waals surface area (Å²) >= 11 is 0. The Hall–Kier alpha value is -3.80. The highest BCUT2D eigenvalue weighted by Gasteiger charge is 2.19. The molecule has 36 heavy (non-hydrogen) atoms. The molecule has 0 saturated heterocycles. The molecule has 4 aromatic rings. The van der Waals surface area contributed by atoms with Crippen molar-refractivity contribution in [1.82, 2.24) is 34.5 Å². The molecule has 0 aliphatic rings. The first kappa shape index (κ1) is 25.3. The Labute approximate surface area is 210 Å². The average molecular weight is 511 g/mol. The van der Waals surface area contributed by atoms with Crippen LogP contribution in [0.15, 0.2) is 46.7 Å². The average Bonchev–Trinajstić information content (AvgIpc) is 2.91. The van der Waals surface area contributed by atoms with E-state index in [1.165, 1.54) is 18.6 Å². The van der Waals surface area contributed by atoms with Crippen molar-refractivity contribution in [2.24, 2.45) is 0 Å². The van der Waals surface area contributed by atoms with Crippen LogP contribution in [0, 0.1) is 0 Å². The van der Waals surface area contributed by atoms with Gasteiger partial charge in [0.2, 0.25) is 0 Å². The molecule has 0 aliphatic carbocycles. The maximum atomic E-state index is 13.5. The second kappa shape index (κ2) is 10.4. The Balaban J connectivity index is 0.00000380. The Bertz CT molecular complexity index is 1560. The van der Waals surface area contributed by atoms with E-state index in [4.69, 9.17) is 4.98 Å². The maximum Gasteiger partial charge on any atom is 0.295 e. The van der Waals surface area contributed by atoms with E-state index in [0.717, 1.165) is 5.69 Å². The third kappa shape index (κ3) is 4.94. The minimum absolute atomic E-state index is 0. The molecular weight excluding hydrogens is 480 g/mol. The van der Waals surface area contributed by atoms with Gasteiger partial charge in [-0.15, -0.1) is 0 Å². The summed E-state index contributed by atoms with van der Waals surface area (Å²) in [4.78, 5) is 39.9. The fourth-order valence-corrected chi connectivity index (χ4v) is 4.52. The molecule has 4 heterocycles. The van der Waals surface area contributed by atoms with E-state index in [1.807, 2.05) is 20.8 Å². The van der Waals surface area contributed by atoms with E-state index in [1.54, 1.807) is 30.0 Å². The van der Waals surface area contributed by atoms with Gasteiger partial charge in [0.05, 0.1) is 40.3 Å². The second-order valence-corrected chi connectivity index (χ2v) is 10.6. The zero-order valence-corrected chi connectivity index (χ0v) is 21.4. The normalized spacial score (nSPS) is 12.6. The van der Waals surface area contributed by atoms with E-state index in [2.05, 4.69) is 30.2 Å². The van der Waals surface area contributed by atoms with Gasteiger partial charge in [0, 0.05) is 19.9 Å². The molecule has 0 amide bonds. The monoisotopic (exact) mass is 510 g/mol. The zero-order chi connectivity index (χ0) is 25.9. The number of hydrogen-bond donors (Lipinski definition) is 1. The van der Waals surface area contributed by atoms with E-state index in [0.29, 0.717) is 41.1 Å². The molecule has 12 heteroatoms. The van der Waals surface area contributed by atoms with Gasteiger partial charge in [-0.1, -0.05) is 20.8 Å². The lowest BCUT2D eigenvalue weighted by atomic mass is 10.2. The van der Waals surface area contributed by atoms with Crippen LogP contribution >= 0.6 is 0 Å². The van der Waals surface area contributed by atoms with Crippen LogP contribution in [0.25, 0.3) is 22.6 Å². The Morgan fingerprint density at radius 2 is 1.86 bits per heavy atom. The van der Waals surface area contributed by atoms with E-state index in [9.17, 15) is 13.2 Å². The van der Waals surface area contributed by atoms with E-state index in [-0.39, 0.29) is 36.0 Å². The highest BCUT2D eigenvalue weighted by molar-refractivity contribution is 7.91. The molecule has 190 valence electrons. The standard InChI is InChI=1S/C24H28N8O3S.H2/c1-5-15(4)32-23-20(13-28-21(31-23)18-12-25-14-29-19(18)6-2)30-22(24(32)33)27-10-16-8-9-17(11-26-16)36(34,35)7-3;/h8-9,11-15H,5-7,10H2,1-4H3,(H,27,30);1H/t15-;/m0./s1. The molecule has 11 nitrogen and oxygen atoms in total. The number of sulfone groups is 1. The van der Waals surface area contributed by atoms with Crippen LogP contribution in [-0.2, 0) is 22.8 Å². The van der Waals surface area contributed by atoms with Crippen LogP contribution in [0.5, 0.6) is 0 Å². The molecule has 4 aromatic heterocycles. The number of anilines is 1. The summed E-state index contributed by atoms with van der Waals surface area (Å²) in [6.07, 6.45) is 7.49. The molecule has 0 spiro atoms. The van der Waals surface area contributed by atoms with Gasteiger partial charge in [-0.2, -0.15) is 0 Å². The number of aromatic nitrogens is 7. The molecule has 0 unspecified atom stereocenters. The van der Waals surface area contributed by atoms with Crippen LogP contribution in [-0.4, -0.2) is 48.6 Å². The number of hydrogen-bond acceptors (Lipinski definition) is 10. The minimum atomic E-state index is -3.33. The SMILES string of the molecule is CCc1ncncc1-c1ncc2nc(NCc3ccc(S(=O)(=O)CC)cn3)c(=O)n([C@@H](C)CC)c2n1.[HH]. The van der Waals surface area contributed by atoms with Crippen LogP contribution in [0.4, 0.5) is 5.82 Å². The second-order valence-electron chi connectivity index (χ2n) is 8.27. The van der Waals surface area contributed by atoms with Crippen molar-refractivity contribution >= 4 is 26.8 Å². The Kier molecular flexibility index (Phi) is 7.34. The number of fused-ring (bicyclic) bond motifs is 1. The molecule has 0 fully saturated rings. The molecular formula is C24H30N8O3S. The Morgan fingerprint density at radius 1 is 1.06 bits per heavy atom. The van der Waals surface area contributed by atoms with Crippen LogP contribution in [0.1, 0.15) is 53.0 Å². The predicted molar refractivity (Wildman–Crippen MR) is 138 cm³/mol. The van der Waals surface area contributed by atoms with Crippen LogP contribution in [0.3, 0.4) is 0 Å². The van der Waals surface area contributed by atoms with Gasteiger partial charge < -0.3 is 5.32 Å². The van der Waals surface area contributed by atoms with Crippen LogP contribution in [0.2, 0.25) is 0 Å².